The zero-order chi connectivity index (χ0) is 22.1. The van der Waals surface area contributed by atoms with E-state index in [1.54, 1.807) is 31.2 Å². The monoisotopic (exact) mass is 457 g/mol. The third kappa shape index (κ3) is 4.81. The Kier molecular flexibility index (Phi) is 6.15. The summed E-state index contributed by atoms with van der Waals surface area (Å²) in [5.41, 5.74) is 1.16. The van der Waals surface area contributed by atoms with Crippen LogP contribution in [0.15, 0.2) is 54.6 Å². The maximum Gasteiger partial charge on any atom is 0.573 e. The summed E-state index contributed by atoms with van der Waals surface area (Å²) in [7, 11) is 0. The normalized spacial score (nSPS) is 12.4. The van der Waals surface area contributed by atoms with Gasteiger partial charge in [-0.2, -0.15) is 0 Å². The molecular weight excluding hydrogens is 443 g/mol. The Morgan fingerprint density at radius 2 is 1.80 bits per heavy atom. The number of benzene rings is 2. The van der Waals surface area contributed by atoms with Gasteiger partial charge < -0.3 is 9.84 Å². The Morgan fingerprint density at radius 1 is 1.10 bits per heavy atom. The summed E-state index contributed by atoms with van der Waals surface area (Å²) in [6, 6.07) is 13.0. The number of hydrogen-bond donors (Lipinski definition) is 2. The molecule has 0 spiro atoms. The molecule has 2 aromatic carbocycles. The zero-order valence-corrected chi connectivity index (χ0v) is 16.8. The van der Waals surface area contributed by atoms with Crippen LogP contribution in [0.25, 0.3) is 10.4 Å². The van der Waals surface area contributed by atoms with E-state index in [1.165, 1.54) is 18.2 Å². The minimum atomic E-state index is -4.87. The molecule has 0 bridgehead atoms. The van der Waals surface area contributed by atoms with Crippen molar-refractivity contribution in [1.82, 2.24) is 0 Å². The highest BCUT2D eigenvalue weighted by atomic mass is 32.2. The average Bonchev–Trinajstić information content (AvgIpc) is 3.07. The second-order valence-corrected chi connectivity index (χ2v) is 7.90. The fourth-order valence-electron chi connectivity index (χ4n) is 2.76. The van der Waals surface area contributed by atoms with Crippen molar-refractivity contribution in [2.45, 2.75) is 13.3 Å². The minimum Gasteiger partial charge on any atom is -0.477 e. The lowest BCUT2D eigenvalue weighted by Crippen LogP contribution is -2.21. The molecular formula is C19H14F3NO5S2. The van der Waals surface area contributed by atoms with Crippen LogP contribution in [0.1, 0.15) is 15.2 Å². The zero-order valence-electron chi connectivity index (χ0n) is 15.2. The van der Waals surface area contributed by atoms with Gasteiger partial charge in [0, 0.05) is 4.88 Å². The predicted molar refractivity (Wildman–Crippen MR) is 107 cm³/mol. The van der Waals surface area contributed by atoms with Gasteiger partial charge in [0.25, 0.3) is 11.3 Å². The quantitative estimate of drug-likeness (QED) is 0.471. The van der Waals surface area contributed by atoms with Gasteiger partial charge in [-0.25, -0.2) is 13.3 Å². The Morgan fingerprint density at radius 3 is 2.40 bits per heavy atom. The molecule has 2 N–H and O–H groups in total. The fourth-order valence-corrected chi connectivity index (χ4v) is 4.48. The topological polar surface area (TPSA) is 87.1 Å². The van der Waals surface area contributed by atoms with Crippen molar-refractivity contribution >= 4 is 39.9 Å². The molecule has 158 valence electrons. The molecule has 0 aliphatic rings. The number of rotatable bonds is 6. The van der Waals surface area contributed by atoms with Crippen LogP contribution < -0.4 is 9.04 Å². The Bertz CT molecular complexity index is 1110. The lowest BCUT2D eigenvalue weighted by atomic mass is 10.1. The molecule has 0 saturated heterocycles. The van der Waals surface area contributed by atoms with E-state index in [2.05, 4.69) is 4.74 Å². The molecule has 30 heavy (non-hydrogen) atoms. The van der Waals surface area contributed by atoms with E-state index in [1.807, 2.05) is 0 Å². The van der Waals surface area contributed by atoms with Crippen molar-refractivity contribution in [1.29, 1.82) is 0 Å². The molecule has 0 saturated carbocycles. The van der Waals surface area contributed by atoms with Crippen molar-refractivity contribution in [3.63, 3.8) is 0 Å². The van der Waals surface area contributed by atoms with Gasteiger partial charge in [0.05, 0.1) is 11.4 Å². The smallest absolute Gasteiger partial charge is 0.477 e. The van der Waals surface area contributed by atoms with Gasteiger partial charge in [0.15, 0.2) is 0 Å². The number of alkyl halides is 3. The summed E-state index contributed by atoms with van der Waals surface area (Å²) in [5.74, 6) is -1.80. The van der Waals surface area contributed by atoms with Crippen LogP contribution in [0.5, 0.6) is 5.75 Å². The molecule has 6 nitrogen and oxygen atoms in total. The van der Waals surface area contributed by atoms with E-state index >= 15 is 0 Å². The first-order valence-corrected chi connectivity index (χ1v) is 10.1. The van der Waals surface area contributed by atoms with Gasteiger partial charge in [-0.15, -0.1) is 24.5 Å². The number of para-hydroxylation sites is 1. The number of ether oxygens (including phenoxy) is 1. The number of halogens is 3. The molecule has 0 aliphatic heterocycles. The van der Waals surface area contributed by atoms with E-state index in [9.17, 15) is 31.8 Å². The maximum absolute atomic E-state index is 12.5. The predicted octanol–water partition coefficient (Wildman–Crippen LogP) is 5.60. The van der Waals surface area contributed by atoms with Crippen LogP contribution in [0.3, 0.4) is 0 Å². The highest BCUT2D eigenvalue weighted by Gasteiger charge is 2.31. The lowest BCUT2D eigenvalue weighted by molar-refractivity contribution is -0.274. The van der Waals surface area contributed by atoms with E-state index in [-0.39, 0.29) is 16.1 Å². The molecule has 11 heteroatoms. The Labute approximate surface area is 175 Å². The molecule has 3 rings (SSSR count). The van der Waals surface area contributed by atoms with Gasteiger partial charge in [-0.3, -0.25) is 4.55 Å². The van der Waals surface area contributed by atoms with Gasteiger partial charge >= 0.3 is 12.3 Å². The van der Waals surface area contributed by atoms with Gasteiger partial charge in [0.1, 0.15) is 10.6 Å². The number of hydrogen-bond acceptors (Lipinski definition) is 4. The largest absolute Gasteiger partial charge is 0.573 e. The molecule has 1 aromatic heterocycles. The van der Waals surface area contributed by atoms with Crippen molar-refractivity contribution in [3.8, 4) is 16.2 Å². The third-order valence-corrected chi connectivity index (χ3v) is 5.84. The molecule has 0 fully saturated rings. The van der Waals surface area contributed by atoms with Gasteiger partial charge in [-0.1, -0.05) is 30.3 Å². The number of aryl methyl sites for hydroxylation is 1. The van der Waals surface area contributed by atoms with E-state index in [0.29, 0.717) is 16.1 Å². The number of anilines is 2. The SMILES string of the molecule is Cc1ccccc1N(c1cc(-c2cccc(OC(F)(F)F)c2)sc1C(=O)O)S(=O)O. The van der Waals surface area contributed by atoms with Crippen LogP contribution >= 0.6 is 11.3 Å². The highest BCUT2D eigenvalue weighted by Crippen LogP contribution is 2.42. The number of nitrogens with zero attached hydrogens (tertiary/aromatic N) is 1. The molecule has 0 amide bonds. The Balaban J connectivity index is 2.12. The van der Waals surface area contributed by atoms with Gasteiger partial charge in [-0.05, 0) is 42.3 Å². The Hall–Kier alpha value is -2.89. The summed E-state index contributed by atoms with van der Waals surface area (Å²) in [6.07, 6.45) is -4.87. The fraction of sp³-hybridized carbons (Fsp3) is 0.105. The van der Waals surface area contributed by atoms with E-state index in [0.717, 1.165) is 27.8 Å². The number of carboxylic acids is 1. The molecule has 1 unspecified atom stereocenters. The van der Waals surface area contributed by atoms with Crippen molar-refractivity contribution in [2.24, 2.45) is 0 Å². The van der Waals surface area contributed by atoms with Crippen LogP contribution in [0, 0.1) is 6.92 Å². The summed E-state index contributed by atoms with van der Waals surface area (Å²) < 4.78 is 64.3. The van der Waals surface area contributed by atoms with Crippen molar-refractivity contribution in [3.05, 3.63) is 65.0 Å². The number of carboxylic acid groups (broad SMARTS) is 1. The molecule has 1 heterocycles. The molecule has 0 aliphatic carbocycles. The molecule has 3 aromatic rings. The summed E-state index contributed by atoms with van der Waals surface area (Å²) in [5, 5.41) is 9.61. The standard InChI is InChI=1S/C19H14F3NO5S2/c1-11-5-2-3-8-14(11)23(30(26)27)15-10-16(29-17(15)18(24)25)12-6-4-7-13(9-12)28-19(20,21)22/h2-10H,1H3,(H,24,25)(H,26,27). The molecule has 0 radical (unpaired) electrons. The van der Waals surface area contributed by atoms with Crippen LogP contribution in [-0.2, 0) is 11.3 Å². The molecule has 1 atom stereocenters. The third-order valence-electron chi connectivity index (χ3n) is 3.97. The highest BCUT2D eigenvalue weighted by molar-refractivity contribution is 7.81. The minimum absolute atomic E-state index is 0.0558. The number of thiophene rings is 1. The van der Waals surface area contributed by atoms with Crippen molar-refractivity contribution in [2.75, 3.05) is 4.31 Å². The number of carbonyl (C=O) groups is 1. The second-order valence-electron chi connectivity index (χ2n) is 6.02. The van der Waals surface area contributed by atoms with Crippen LogP contribution in [-0.4, -0.2) is 26.2 Å². The summed E-state index contributed by atoms with van der Waals surface area (Å²) >= 11 is -1.83. The lowest BCUT2D eigenvalue weighted by Gasteiger charge is -2.21. The van der Waals surface area contributed by atoms with E-state index in [4.69, 9.17) is 0 Å². The first kappa shape index (κ1) is 21.8. The van der Waals surface area contributed by atoms with Crippen LogP contribution in [0.2, 0.25) is 0 Å². The second kappa shape index (κ2) is 8.46. The summed E-state index contributed by atoms with van der Waals surface area (Å²) in [6.45, 7) is 1.70. The van der Waals surface area contributed by atoms with Crippen LogP contribution in [0.4, 0.5) is 24.5 Å². The van der Waals surface area contributed by atoms with E-state index < -0.39 is 29.3 Å². The summed E-state index contributed by atoms with van der Waals surface area (Å²) in [4.78, 5) is 11.8. The average molecular weight is 457 g/mol. The number of aromatic carboxylic acids is 1. The first-order valence-electron chi connectivity index (χ1n) is 8.27. The maximum atomic E-state index is 12.5. The van der Waals surface area contributed by atoms with Crippen molar-refractivity contribution < 1.29 is 36.6 Å². The first-order chi connectivity index (χ1) is 14.1. The van der Waals surface area contributed by atoms with Gasteiger partial charge in [0.2, 0.25) is 0 Å².